The molecule has 0 saturated carbocycles. The van der Waals surface area contributed by atoms with E-state index in [-0.39, 0.29) is 0 Å². The number of likely N-dealkylation sites (N-methyl/N-ethyl adjacent to an activating group) is 1. The smallest absolute Gasteiger partial charge is 0.0405 e. The lowest BCUT2D eigenvalue weighted by molar-refractivity contribution is 0.116. The molecule has 0 amide bonds. The molecule has 0 bridgehead atoms. The Morgan fingerprint density at radius 3 is 2.64 bits per heavy atom. The van der Waals surface area contributed by atoms with Gasteiger partial charge in [0.25, 0.3) is 0 Å². The molecule has 1 rings (SSSR count). The molecule has 11 heavy (non-hydrogen) atoms. The molecule has 1 heterocycles. The van der Waals surface area contributed by atoms with E-state index in [9.17, 15) is 0 Å². The van der Waals surface area contributed by atoms with Gasteiger partial charge in [0.05, 0.1) is 0 Å². The summed E-state index contributed by atoms with van der Waals surface area (Å²) in [5.41, 5.74) is 1.57. The maximum atomic E-state index is 2.25. The zero-order chi connectivity index (χ0) is 8.27. The lowest BCUT2D eigenvalue weighted by Gasteiger charge is -2.18. The van der Waals surface area contributed by atoms with Crippen LogP contribution in [0.4, 0.5) is 0 Å². The van der Waals surface area contributed by atoms with Gasteiger partial charge in [-0.15, -0.1) is 0 Å². The monoisotopic (exact) mass is 154 g/mol. The molecule has 0 radical (unpaired) electrons. The van der Waals surface area contributed by atoms with Gasteiger partial charge >= 0.3 is 0 Å². The van der Waals surface area contributed by atoms with Crippen LogP contribution in [-0.2, 0) is 0 Å². The van der Waals surface area contributed by atoms with Crippen LogP contribution in [0.3, 0.4) is 0 Å². The molecule has 0 aromatic rings. The molecule has 1 aliphatic rings. The second kappa shape index (κ2) is 3.77. The van der Waals surface area contributed by atoms with E-state index < -0.39 is 0 Å². The van der Waals surface area contributed by atoms with Gasteiger partial charge in [-0.2, -0.15) is 0 Å². The molecule has 0 aromatic carbocycles. The highest BCUT2D eigenvalue weighted by Crippen LogP contribution is 2.16. The molecule has 0 atom stereocenters. The molecule has 0 fully saturated rings. The van der Waals surface area contributed by atoms with E-state index in [0.29, 0.717) is 0 Å². The Morgan fingerprint density at radius 1 is 1.45 bits per heavy atom. The fourth-order valence-corrected chi connectivity index (χ4v) is 1.36. The number of hydrogen-bond donors (Lipinski definition) is 0. The van der Waals surface area contributed by atoms with E-state index in [1.165, 1.54) is 19.3 Å². The number of nitrogens with zero attached hydrogens (tertiary/aromatic N) is 2. The average molecular weight is 154 g/mol. The Labute approximate surface area is 69.5 Å². The van der Waals surface area contributed by atoms with Crippen LogP contribution >= 0.6 is 0 Å². The topological polar surface area (TPSA) is 6.48 Å². The van der Waals surface area contributed by atoms with Crippen LogP contribution in [0.2, 0.25) is 0 Å². The standard InChI is InChI=1S/C9H18N2/c1-4-5-6-9-7-10(2)11(3)8-9/h7H,4-6,8H2,1-3H3. The molecular weight excluding hydrogens is 136 g/mol. The summed E-state index contributed by atoms with van der Waals surface area (Å²) >= 11 is 0. The number of hydrogen-bond acceptors (Lipinski definition) is 2. The molecular formula is C9H18N2. The maximum absolute atomic E-state index is 2.25. The zero-order valence-electron chi connectivity index (χ0n) is 7.80. The van der Waals surface area contributed by atoms with Gasteiger partial charge in [-0.25, -0.2) is 5.01 Å². The molecule has 0 saturated heterocycles. The maximum Gasteiger partial charge on any atom is 0.0405 e. The van der Waals surface area contributed by atoms with Crippen LogP contribution in [0.25, 0.3) is 0 Å². The lowest BCUT2D eigenvalue weighted by atomic mass is 10.1. The average Bonchev–Trinajstić information content (AvgIpc) is 2.28. The van der Waals surface area contributed by atoms with Crippen molar-refractivity contribution in [1.29, 1.82) is 0 Å². The van der Waals surface area contributed by atoms with Crippen LogP contribution in [0.15, 0.2) is 11.8 Å². The summed E-state index contributed by atoms with van der Waals surface area (Å²) in [6.07, 6.45) is 6.14. The molecule has 2 nitrogen and oxygen atoms in total. The largest absolute Gasteiger partial charge is 0.316 e. The van der Waals surface area contributed by atoms with E-state index >= 15 is 0 Å². The summed E-state index contributed by atoms with van der Waals surface area (Å²) < 4.78 is 0. The molecule has 0 N–H and O–H groups in total. The first-order valence-corrected chi connectivity index (χ1v) is 4.37. The molecule has 0 aromatic heterocycles. The van der Waals surface area contributed by atoms with Crippen molar-refractivity contribution in [3.63, 3.8) is 0 Å². The number of rotatable bonds is 3. The highest BCUT2D eigenvalue weighted by atomic mass is 15.6. The van der Waals surface area contributed by atoms with Gasteiger partial charge in [-0.3, -0.25) is 0 Å². The molecule has 2 heteroatoms. The summed E-state index contributed by atoms with van der Waals surface area (Å²) in [5.74, 6) is 0. The van der Waals surface area contributed by atoms with Crippen molar-refractivity contribution in [2.24, 2.45) is 0 Å². The third-order valence-corrected chi connectivity index (χ3v) is 2.19. The van der Waals surface area contributed by atoms with Crippen LogP contribution in [0, 0.1) is 0 Å². The first kappa shape index (κ1) is 8.60. The van der Waals surface area contributed by atoms with E-state index in [0.717, 1.165) is 6.54 Å². The predicted molar refractivity (Wildman–Crippen MR) is 48.0 cm³/mol. The number of unbranched alkanes of at least 4 members (excludes halogenated alkanes) is 1. The van der Waals surface area contributed by atoms with Gasteiger partial charge in [-0.1, -0.05) is 13.3 Å². The van der Waals surface area contributed by atoms with Crippen LogP contribution in [-0.4, -0.2) is 30.7 Å². The highest BCUT2D eigenvalue weighted by Gasteiger charge is 2.13. The SMILES string of the molecule is CCCCC1=CN(C)N(C)C1. The van der Waals surface area contributed by atoms with Gasteiger partial charge < -0.3 is 5.01 Å². The molecule has 1 aliphatic heterocycles. The summed E-state index contributed by atoms with van der Waals surface area (Å²) in [7, 11) is 4.22. The first-order chi connectivity index (χ1) is 5.24. The van der Waals surface area contributed by atoms with E-state index in [2.05, 4.69) is 37.2 Å². The van der Waals surface area contributed by atoms with E-state index in [1.807, 2.05) is 0 Å². The molecule has 0 aliphatic carbocycles. The Kier molecular flexibility index (Phi) is 2.94. The lowest BCUT2D eigenvalue weighted by Crippen LogP contribution is -2.27. The van der Waals surface area contributed by atoms with Gasteiger partial charge in [0.15, 0.2) is 0 Å². The summed E-state index contributed by atoms with van der Waals surface area (Å²) in [6, 6.07) is 0. The molecule has 0 unspecified atom stereocenters. The summed E-state index contributed by atoms with van der Waals surface area (Å²) in [4.78, 5) is 0. The van der Waals surface area contributed by atoms with Crippen molar-refractivity contribution < 1.29 is 0 Å². The van der Waals surface area contributed by atoms with Gasteiger partial charge in [-0.05, 0) is 18.4 Å². The van der Waals surface area contributed by atoms with Crippen molar-refractivity contribution in [3.8, 4) is 0 Å². The fourth-order valence-electron chi connectivity index (χ4n) is 1.36. The fraction of sp³-hybridized carbons (Fsp3) is 0.778. The minimum atomic E-state index is 1.12. The second-order valence-corrected chi connectivity index (χ2v) is 3.28. The number of hydrazine groups is 1. The Hall–Kier alpha value is -0.500. The minimum absolute atomic E-state index is 1.12. The molecule has 64 valence electrons. The van der Waals surface area contributed by atoms with Gasteiger partial charge in [0.1, 0.15) is 0 Å². The highest BCUT2D eigenvalue weighted by molar-refractivity contribution is 5.07. The van der Waals surface area contributed by atoms with Crippen LogP contribution in [0.1, 0.15) is 26.2 Å². The first-order valence-electron chi connectivity index (χ1n) is 4.37. The van der Waals surface area contributed by atoms with Crippen LogP contribution in [0.5, 0.6) is 0 Å². The Balaban J connectivity index is 2.31. The van der Waals surface area contributed by atoms with Crippen molar-refractivity contribution in [2.45, 2.75) is 26.2 Å². The molecule has 0 spiro atoms. The quantitative estimate of drug-likeness (QED) is 0.612. The minimum Gasteiger partial charge on any atom is -0.316 e. The zero-order valence-corrected chi connectivity index (χ0v) is 7.80. The van der Waals surface area contributed by atoms with Crippen molar-refractivity contribution in [3.05, 3.63) is 11.8 Å². The van der Waals surface area contributed by atoms with Crippen molar-refractivity contribution in [2.75, 3.05) is 20.6 Å². The predicted octanol–water partition coefficient (Wildman–Crippen LogP) is 1.85. The van der Waals surface area contributed by atoms with Gasteiger partial charge in [0.2, 0.25) is 0 Å². The van der Waals surface area contributed by atoms with Crippen molar-refractivity contribution >= 4 is 0 Å². The van der Waals surface area contributed by atoms with Gasteiger partial charge in [0, 0.05) is 26.8 Å². The summed E-state index contributed by atoms with van der Waals surface area (Å²) in [5, 5.41) is 4.38. The van der Waals surface area contributed by atoms with Crippen molar-refractivity contribution in [1.82, 2.24) is 10.0 Å². The third kappa shape index (κ3) is 2.22. The summed E-state index contributed by atoms with van der Waals surface area (Å²) in [6.45, 7) is 3.36. The Morgan fingerprint density at radius 2 is 2.18 bits per heavy atom. The second-order valence-electron chi connectivity index (χ2n) is 3.28. The normalized spacial score (nSPS) is 19.2. The van der Waals surface area contributed by atoms with E-state index in [4.69, 9.17) is 0 Å². The third-order valence-electron chi connectivity index (χ3n) is 2.19. The van der Waals surface area contributed by atoms with Crippen LogP contribution < -0.4 is 0 Å². The Bertz CT molecular complexity index is 152. The van der Waals surface area contributed by atoms with E-state index in [1.54, 1.807) is 5.57 Å².